The van der Waals surface area contributed by atoms with Gasteiger partial charge in [0.1, 0.15) is 0 Å². The van der Waals surface area contributed by atoms with E-state index in [1.807, 2.05) is 41.3 Å². The number of nitrogens with zero attached hydrogens (tertiary/aromatic N) is 1. The average molecular weight is 500 g/mol. The smallest absolute Gasteiger partial charge is 0.335 e. The molecule has 1 fully saturated rings. The van der Waals surface area contributed by atoms with Crippen LogP contribution in [0.25, 0.3) is 0 Å². The normalized spacial score (nSPS) is 17.0. The molecule has 4 rings (SSSR count). The Kier molecular flexibility index (Phi) is 8.92. The van der Waals surface area contributed by atoms with Crippen molar-refractivity contribution in [2.75, 3.05) is 11.9 Å². The highest BCUT2D eigenvalue weighted by molar-refractivity contribution is 5.94. The summed E-state index contributed by atoms with van der Waals surface area (Å²) in [6, 6.07) is 25.8. The van der Waals surface area contributed by atoms with E-state index < -0.39 is 12.0 Å². The summed E-state index contributed by atoms with van der Waals surface area (Å²) < 4.78 is 0. The van der Waals surface area contributed by atoms with E-state index in [9.17, 15) is 14.4 Å². The van der Waals surface area contributed by atoms with E-state index in [4.69, 9.17) is 5.11 Å². The molecule has 0 heterocycles. The number of carboxylic acids is 1. The molecular weight excluding hydrogens is 466 g/mol. The number of carbonyl (C=O) groups excluding carboxylic acids is 2. The fourth-order valence-electron chi connectivity index (χ4n) is 5.09. The van der Waals surface area contributed by atoms with Crippen molar-refractivity contribution in [3.8, 4) is 0 Å². The van der Waals surface area contributed by atoms with Crippen molar-refractivity contribution < 1.29 is 19.5 Å². The lowest BCUT2D eigenvalue weighted by molar-refractivity contribution is -0.135. The first-order valence-corrected chi connectivity index (χ1v) is 12.7. The number of anilines is 1. The number of rotatable bonds is 9. The van der Waals surface area contributed by atoms with Crippen LogP contribution < -0.4 is 10.6 Å². The molecule has 37 heavy (non-hydrogen) atoms. The maximum Gasteiger partial charge on any atom is 0.335 e. The molecule has 1 aliphatic carbocycles. The van der Waals surface area contributed by atoms with Crippen LogP contribution >= 0.6 is 0 Å². The van der Waals surface area contributed by atoms with Crippen LogP contribution in [0, 0.1) is 5.92 Å². The Morgan fingerprint density at radius 3 is 2.22 bits per heavy atom. The molecule has 3 aromatic rings. The molecule has 192 valence electrons. The fourth-order valence-corrected chi connectivity index (χ4v) is 5.09. The van der Waals surface area contributed by atoms with Crippen molar-refractivity contribution >= 4 is 23.6 Å². The zero-order valence-corrected chi connectivity index (χ0v) is 20.8. The molecule has 7 nitrogen and oxygen atoms in total. The highest BCUT2D eigenvalue weighted by atomic mass is 16.4. The van der Waals surface area contributed by atoms with Crippen LogP contribution in [0.1, 0.15) is 47.2 Å². The molecule has 3 amide bonds. The third kappa shape index (κ3) is 7.43. The number of carbonyl (C=O) groups is 3. The summed E-state index contributed by atoms with van der Waals surface area (Å²) in [6.07, 6.45) is 5.13. The van der Waals surface area contributed by atoms with Crippen molar-refractivity contribution in [3.63, 3.8) is 0 Å². The third-order valence-corrected chi connectivity index (χ3v) is 6.89. The zero-order chi connectivity index (χ0) is 26.0. The van der Waals surface area contributed by atoms with Gasteiger partial charge in [-0.15, -0.1) is 0 Å². The van der Waals surface area contributed by atoms with Crippen LogP contribution in [0.15, 0.2) is 84.9 Å². The molecule has 0 radical (unpaired) electrons. The van der Waals surface area contributed by atoms with Gasteiger partial charge in [0.2, 0.25) is 5.91 Å². The average Bonchev–Trinajstić information content (AvgIpc) is 2.92. The molecule has 3 aromatic carbocycles. The summed E-state index contributed by atoms with van der Waals surface area (Å²) in [7, 11) is 0. The molecule has 0 spiro atoms. The highest BCUT2D eigenvalue weighted by Crippen LogP contribution is 2.32. The molecule has 7 heteroatoms. The summed E-state index contributed by atoms with van der Waals surface area (Å²) in [5.41, 5.74) is 2.74. The standard InChI is InChI=1S/C30H33N3O4/c34-28(20-31-30(37)32-26-16-9-15-25(19-26)29(35)36)33(21-23-12-5-2-6-13-23)27-17-8-7-14-24(27)18-22-10-3-1-4-11-22/h1-6,9-13,15-16,19,24,27H,7-8,14,17-18,20-21H2,(H,35,36)(H2,31,32,37)/t24-,27?/m0/s1. The lowest BCUT2D eigenvalue weighted by atomic mass is 9.79. The molecule has 1 aliphatic rings. The van der Waals surface area contributed by atoms with Gasteiger partial charge >= 0.3 is 12.0 Å². The van der Waals surface area contributed by atoms with Crippen molar-refractivity contribution in [2.45, 2.75) is 44.7 Å². The monoisotopic (exact) mass is 499 g/mol. The first-order chi connectivity index (χ1) is 18.0. The van der Waals surface area contributed by atoms with Gasteiger partial charge in [-0.2, -0.15) is 0 Å². The summed E-state index contributed by atoms with van der Waals surface area (Å²) in [4.78, 5) is 39.2. The number of aromatic carboxylic acids is 1. The molecule has 0 saturated heterocycles. The van der Waals surface area contributed by atoms with E-state index in [-0.39, 0.29) is 24.1 Å². The number of benzene rings is 3. The van der Waals surface area contributed by atoms with Crippen molar-refractivity contribution in [3.05, 3.63) is 102 Å². The Morgan fingerprint density at radius 2 is 1.51 bits per heavy atom. The van der Waals surface area contributed by atoms with Crippen LogP contribution in [-0.4, -0.2) is 40.5 Å². The molecule has 2 atom stereocenters. The largest absolute Gasteiger partial charge is 0.478 e. The summed E-state index contributed by atoms with van der Waals surface area (Å²) in [6.45, 7) is 0.339. The van der Waals surface area contributed by atoms with Gasteiger partial charge in [0.05, 0.1) is 12.1 Å². The Bertz CT molecular complexity index is 1200. The first kappa shape index (κ1) is 25.9. The van der Waals surface area contributed by atoms with Gasteiger partial charge in [-0.3, -0.25) is 4.79 Å². The highest BCUT2D eigenvalue weighted by Gasteiger charge is 2.33. The van der Waals surface area contributed by atoms with E-state index >= 15 is 0 Å². The number of urea groups is 1. The Labute approximate surface area is 217 Å². The molecule has 0 aliphatic heterocycles. The minimum Gasteiger partial charge on any atom is -0.478 e. The predicted molar refractivity (Wildman–Crippen MR) is 143 cm³/mol. The van der Waals surface area contributed by atoms with Crippen LogP contribution in [0.3, 0.4) is 0 Å². The van der Waals surface area contributed by atoms with Crippen LogP contribution in [0.5, 0.6) is 0 Å². The van der Waals surface area contributed by atoms with Gasteiger partial charge in [0.25, 0.3) is 0 Å². The lowest BCUT2D eigenvalue weighted by Crippen LogP contribution is -2.50. The molecule has 3 N–H and O–H groups in total. The van der Waals surface area contributed by atoms with Gasteiger partial charge in [-0.25, -0.2) is 9.59 Å². The van der Waals surface area contributed by atoms with Gasteiger partial charge in [0, 0.05) is 18.3 Å². The SMILES string of the molecule is O=C(NCC(=O)N(Cc1ccccc1)C1CCCC[C@H]1Cc1ccccc1)Nc1cccc(C(=O)O)c1. The van der Waals surface area contributed by atoms with Crippen LogP contribution in [0.2, 0.25) is 0 Å². The van der Waals surface area contributed by atoms with Gasteiger partial charge in [0.15, 0.2) is 0 Å². The van der Waals surface area contributed by atoms with E-state index in [0.29, 0.717) is 18.2 Å². The number of amides is 3. The molecule has 0 aromatic heterocycles. The van der Waals surface area contributed by atoms with E-state index in [2.05, 4.69) is 34.9 Å². The van der Waals surface area contributed by atoms with Gasteiger partial charge in [-0.05, 0) is 54.5 Å². The fraction of sp³-hybridized carbons (Fsp3) is 0.300. The first-order valence-electron chi connectivity index (χ1n) is 12.7. The van der Waals surface area contributed by atoms with Crippen molar-refractivity contribution in [1.29, 1.82) is 0 Å². The molecule has 1 unspecified atom stereocenters. The summed E-state index contributed by atoms with van der Waals surface area (Å²) >= 11 is 0. The number of nitrogens with one attached hydrogen (secondary N) is 2. The van der Waals surface area contributed by atoms with Crippen LogP contribution in [0.4, 0.5) is 10.5 Å². The Balaban J connectivity index is 1.46. The minimum absolute atomic E-state index is 0.0738. The number of hydrogen-bond acceptors (Lipinski definition) is 3. The quantitative estimate of drug-likeness (QED) is 0.370. The molecular formula is C30H33N3O4. The van der Waals surface area contributed by atoms with E-state index in [1.54, 1.807) is 12.1 Å². The zero-order valence-electron chi connectivity index (χ0n) is 20.8. The Morgan fingerprint density at radius 1 is 0.838 bits per heavy atom. The second kappa shape index (κ2) is 12.7. The summed E-state index contributed by atoms with van der Waals surface area (Å²) in [5, 5.41) is 14.4. The van der Waals surface area contributed by atoms with E-state index in [1.165, 1.54) is 17.7 Å². The lowest BCUT2D eigenvalue weighted by Gasteiger charge is -2.40. The topological polar surface area (TPSA) is 98.7 Å². The maximum absolute atomic E-state index is 13.6. The summed E-state index contributed by atoms with van der Waals surface area (Å²) in [5.74, 6) is -0.868. The van der Waals surface area contributed by atoms with Crippen molar-refractivity contribution in [1.82, 2.24) is 10.2 Å². The second-order valence-electron chi connectivity index (χ2n) is 9.50. The van der Waals surface area contributed by atoms with Crippen molar-refractivity contribution in [2.24, 2.45) is 5.92 Å². The van der Waals surface area contributed by atoms with Gasteiger partial charge < -0.3 is 20.6 Å². The molecule has 1 saturated carbocycles. The Hall–Kier alpha value is -4.13. The van der Waals surface area contributed by atoms with E-state index in [0.717, 1.165) is 37.7 Å². The minimum atomic E-state index is -1.08. The maximum atomic E-state index is 13.6. The molecule has 0 bridgehead atoms. The van der Waals surface area contributed by atoms with Gasteiger partial charge in [-0.1, -0.05) is 79.6 Å². The third-order valence-electron chi connectivity index (χ3n) is 6.89. The second-order valence-corrected chi connectivity index (χ2v) is 9.50. The number of carboxylic acid groups (broad SMARTS) is 1. The predicted octanol–water partition coefficient (Wildman–Crippen LogP) is 5.34. The number of hydrogen-bond donors (Lipinski definition) is 3. The van der Waals surface area contributed by atoms with Crippen LogP contribution in [-0.2, 0) is 17.8 Å².